The van der Waals surface area contributed by atoms with Crippen LogP contribution in [0.3, 0.4) is 0 Å². The number of likely N-dealkylation sites (N-methyl/N-ethyl adjacent to an activating group) is 1. The molecule has 2 rings (SSSR count). The summed E-state index contributed by atoms with van der Waals surface area (Å²) >= 11 is 0. The van der Waals surface area contributed by atoms with Gasteiger partial charge in [-0.1, -0.05) is 26.0 Å². The second-order valence-corrected chi connectivity index (χ2v) is 5.90. The van der Waals surface area contributed by atoms with Crippen molar-refractivity contribution in [1.29, 1.82) is 0 Å². The molecule has 0 fully saturated rings. The molecule has 0 aliphatic heterocycles. The molecule has 0 heterocycles. The van der Waals surface area contributed by atoms with Gasteiger partial charge in [0.1, 0.15) is 12.4 Å². The third-order valence-corrected chi connectivity index (χ3v) is 4.17. The van der Waals surface area contributed by atoms with Gasteiger partial charge in [0.15, 0.2) is 0 Å². The Kier molecular flexibility index (Phi) is 7.24. The highest BCUT2D eigenvalue weighted by Gasteiger charge is 2.30. The second-order valence-electron chi connectivity index (χ2n) is 5.90. The third kappa shape index (κ3) is 5.99. The summed E-state index contributed by atoms with van der Waals surface area (Å²) in [5.74, 6) is 0.0217. The van der Waals surface area contributed by atoms with Crippen molar-refractivity contribution in [2.24, 2.45) is 0 Å². The fourth-order valence-corrected chi connectivity index (χ4v) is 2.53. The Labute approximate surface area is 156 Å². The molecule has 2 aromatic carbocycles. The van der Waals surface area contributed by atoms with Crippen LogP contribution < -0.4 is 10.1 Å². The molecule has 0 saturated heterocycles. The van der Waals surface area contributed by atoms with Crippen molar-refractivity contribution in [3.05, 3.63) is 59.7 Å². The Hall–Kier alpha value is -2.54. The number of alkyl halides is 3. The van der Waals surface area contributed by atoms with Gasteiger partial charge < -0.3 is 15.0 Å². The lowest BCUT2D eigenvalue weighted by molar-refractivity contribution is -0.137. The minimum Gasteiger partial charge on any atom is -0.490 e. The zero-order valence-electron chi connectivity index (χ0n) is 15.3. The molecule has 0 spiro atoms. The lowest BCUT2D eigenvalue weighted by atomic mass is 10.1. The zero-order chi connectivity index (χ0) is 19.9. The van der Waals surface area contributed by atoms with Crippen LogP contribution in [0, 0.1) is 0 Å². The highest BCUT2D eigenvalue weighted by molar-refractivity contribution is 6.05. The second kappa shape index (κ2) is 9.41. The van der Waals surface area contributed by atoms with Gasteiger partial charge in [-0.2, -0.15) is 13.2 Å². The molecule has 4 nitrogen and oxygen atoms in total. The van der Waals surface area contributed by atoms with Gasteiger partial charge in [0.2, 0.25) is 0 Å². The highest BCUT2D eigenvalue weighted by Crippen LogP contribution is 2.29. The van der Waals surface area contributed by atoms with E-state index in [4.69, 9.17) is 4.74 Å². The van der Waals surface area contributed by atoms with Crippen molar-refractivity contribution in [1.82, 2.24) is 4.90 Å². The molecular formula is C20H23F3N2O2. The molecule has 0 aliphatic carbocycles. The summed E-state index contributed by atoms with van der Waals surface area (Å²) in [6.07, 6.45) is -4.43. The van der Waals surface area contributed by atoms with E-state index in [0.29, 0.717) is 18.0 Å². The number of benzene rings is 2. The van der Waals surface area contributed by atoms with E-state index in [1.54, 1.807) is 24.3 Å². The minimum absolute atomic E-state index is 0.140. The Morgan fingerprint density at radius 1 is 1.04 bits per heavy atom. The van der Waals surface area contributed by atoms with Crippen molar-refractivity contribution in [3.63, 3.8) is 0 Å². The van der Waals surface area contributed by atoms with E-state index in [-0.39, 0.29) is 5.56 Å². The van der Waals surface area contributed by atoms with Crippen molar-refractivity contribution >= 4 is 11.6 Å². The maximum Gasteiger partial charge on any atom is 0.416 e. The molecule has 1 amide bonds. The summed E-state index contributed by atoms with van der Waals surface area (Å²) < 4.78 is 43.6. The van der Waals surface area contributed by atoms with Gasteiger partial charge in [0.05, 0.1) is 11.3 Å². The Morgan fingerprint density at radius 2 is 1.67 bits per heavy atom. The van der Waals surface area contributed by atoms with E-state index in [1.165, 1.54) is 0 Å². The van der Waals surface area contributed by atoms with E-state index in [0.717, 1.165) is 43.9 Å². The van der Waals surface area contributed by atoms with Crippen molar-refractivity contribution in [3.8, 4) is 5.75 Å². The van der Waals surface area contributed by atoms with E-state index in [1.807, 2.05) is 0 Å². The first-order valence-electron chi connectivity index (χ1n) is 8.78. The van der Waals surface area contributed by atoms with E-state index in [2.05, 4.69) is 24.1 Å². The van der Waals surface area contributed by atoms with Crippen LogP contribution >= 0.6 is 0 Å². The number of nitrogens with one attached hydrogen (secondary N) is 1. The molecule has 0 radical (unpaired) electrons. The molecular weight excluding hydrogens is 357 g/mol. The number of hydrogen-bond acceptors (Lipinski definition) is 3. The van der Waals surface area contributed by atoms with Gasteiger partial charge in [-0.15, -0.1) is 0 Å². The number of amides is 1. The number of rotatable bonds is 8. The van der Waals surface area contributed by atoms with Gasteiger partial charge in [-0.05, 0) is 49.5 Å². The smallest absolute Gasteiger partial charge is 0.416 e. The summed E-state index contributed by atoms with van der Waals surface area (Å²) in [6.45, 7) is 7.21. The Balaban J connectivity index is 2.03. The van der Waals surface area contributed by atoms with Gasteiger partial charge in [-0.25, -0.2) is 0 Å². The first-order valence-corrected chi connectivity index (χ1v) is 8.78. The number of hydrogen-bond donors (Lipinski definition) is 1. The predicted octanol–water partition coefficient (Wildman–Crippen LogP) is 4.68. The summed E-state index contributed by atoms with van der Waals surface area (Å²) in [5.41, 5.74) is -0.179. The first kappa shape index (κ1) is 20.8. The average molecular weight is 380 g/mol. The molecule has 0 atom stereocenters. The number of ether oxygens (including phenoxy) is 1. The zero-order valence-corrected chi connectivity index (χ0v) is 15.3. The first-order chi connectivity index (χ1) is 12.8. The third-order valence-electron chi connectivity index (χ3n) is 4.17. The lowest BCUT2D eigenvalue weighted by Crippen LogP contribution is -2.28. The van der Waals surface area contributed by atoms with Gasteiger partial charge in [0, 0.05) is 12.1 Å². The van der Waals surface area contributed by atoms with Crippen LogP contribution in [-0.4, -0.2) is 37.0 Å². The van der Waals surface area contributed by atoms with Crippen molar-refractivity contribution in [2.75, 3.05) is 31.6 Å². The number of halogens is 3. The van der Waals surface area contributed by atoms with Crippen LogP contribution in [0.2, 0.25) is 0 Å². The van der Waals surface area contributed by atoms with E-state index < -0.39 is 17.6 Å². The lowest BCUT2D eigenvalue weighted by Gasteiger charge is -2.19. The Morgan fingerprint density at radius 3 is 2.26 bits per heavy atom. The predicted molar refractivity (Wildman–Crippen MR) is 99.1 cm³/mol. The van der Waals surface area contributed by atoms with Crippen LogP contribution in [0.25, 0.3) is 0 Å². The monoisotopic (exact) mass is 380 g/mol. The van der Waals surface area contributed by atoms with Crippen LogP contribution in [0.1, 0.15) is 29.8 Å². The molecule has 0 aliphatic rings. The summed E-state index contributed by atoms with van der Waals surface area (Å²) in [6, 6.07) is 11.1. The fraction of sp³-hybridized carbons (Fsp3) is 0.350. The quantitative estimate of drug-likeness (QED) is 0.723. The standard InChI is InChI=1S/C20H23F3N2O2/c1-3-25(4-2)13-14-27-18-8-6-5-7-17(18)24-19(26)15-9-11-16(12-10-15)20(21,22)23/h5-12H,3-4,13-14H2,1-2H3,(H,24,26). The number of carbonyl (C=O) groups is 1. The Bertz CT molecular complexity index is 742. The molecule has 7 heteroatoms. The topological polar surface area (TPSA) is 41.6 Å². The molecule has 146 valence electrons. The molecule has 1 N–H and O–H groups in total. The normalized spacial score (nSPS) is 11.5. The van der Waals surface area contributed by atoms with Crippen LogP contribution in [-0.2, 0) is 6.18 Å². The molecule has 0 unspecified atom stereocenters. The minimum atomic E-state index is -4.43. The van der Waals surface area contributed by atoms with E-state index in [9.17, 15) is 18.0 Å². The summed E-state index contributed by atoms with van der Waals surface area (Å²) in [5, 5.41) is 2.69. The van der Waals surface area contributed by atoms with Gasteiger partial charge in [-0.3, -0.25) is 4.79 Å². The van der Waals surface area contributed by atoms with Crippen molar-refractivity contribution < 1.29 is 22.7 Å². The number of carbonyl (C=O) groups excluding carboxylic acids is 1. The average Bonchev–Trinajstić information content (AvgIpc) is 2.66. The maximum atomic E-state index is 12.6. The van der Waals surface area contributed by atoms with Gasteiger partial charge in [0.25, 0.3) is 5.91 Å². The highest BCUT2D eigenvalue weighted by atomic mass is 19.4. The van der Waals surface area contributed by atoms with Crippen molar-refractivity contribution in [2.45, 2.75) is 20.0 Å². The maximum absolute atomic E-state index is 12.6. The summed E-state index contributed by atoms with van der Waals surface area (Å²) in [7, 11) is 0. The van der Waals surface area contributed by atoms with Crippen LogP contribution in [0.5, 0.6) is 5.75 Å². The van der Waals surface area contributed by atoms with Gasteiger partial charge >= 0.3 is 6.18 Å². The summed E-state index contributed by atoms with van der Waals surface area (Å²) in [4.78, 5) is 14.6. The SMILES string of the molecule is CCN(CC)CCOc1ccccc1NC(=O)c1ccc(C(F)(F)F)cc1. The molecule has 27 heavy (non-hydrogen) atoms. The largest absolute Gasteiger partial charge is 0.490 e. The molecule has 2 aromatic rings. The van der Waals surface area contributed by atoms with E-state index >= 15 is 0 Å². The number of anilines is 1. The van der Waals surface area contributed by atoms with Crippen LogP contribution in [0.4, 0.5) is 18.9 Å². The number of nitrogens with zero attached hydrogens (tertiary/aromatic N) is 1. The van der Waals surface area contributed by atoms with Crippen LogP contribution in [0.15, 0.2) is 48.5 Å². The molecule has 0 saturated carbocycles. The number of para-hydroxylation sites is 2. The molecule has 0 bridgehead atoms. The fourth-order valence-electron chi connectivity index (χ4n) is 2.53. The molecule has 0 aromatic heterocycles.